The van der Waals surface area contributed by atoms with Gasteiger partial charge in [-0.2, -0.15) is 5.10 Å². The number of aromatic nitrogens is 4. The van der Waals surface area contributed by atoms with Crippen LogP contribution in [0.25, 0.3) is 0 Å². The molecule has 0 radical (unpaired) electrons. The molecule has 2 fully saturated rings. The second-order valence-corrected chi connectivity index (χ2v) is 7.59. The van der Waals surface area contributed by atoms with E-state index in [-0.39, 0.29) is 0 Å². The third kappa shape index (κ3) is 2.57. The minimum Gasteiger partial charge on any atom is -0.361 e. The average Bonchev–Trinajstić information content (AvgIpc) is 3.34. The summed E-state index contributed by atoms with van der Waals surface area (Å²) >= 11 is 0. The minimum absolute atomic E-state index is 0.353. The summed E-state index contributed by atoms with van der Waals surface area (Å²) in [6, 6.07) is 0. The van der Waals surface area contributed by atoms with Crippen LogP contribution in [0.15, 0.2) is 4.52 Å². The molecule has 2 aromatic heterocycles. The molecule has 6 heteroatoms. The summed E-state index contributed by atoms with van der Waals surface area (Å²) in [6.07, 6.45) is 6.18. The molecule has 0 aromatic carbocycles. The van der Waals surface area contributed by atoms with Crippen molar-refractivity contribution in [1.82, 2.24) is 25.2 Å². The molecule has 1 atom stereocenters. The topological polar surface area (TPSA) is 70.8 Å². The van der Waals surface area contributed by atoms with Crippen molar-refractivity contribution in [1.29, 1.82) is 0 Å². The van der Waals surface area contributed by atoms with Gasteiger partial charge >= 0.3 is 0 Å². The molecule has 1 spiro atoms. The number of H-pyrrole nitrogens is 1. The van der Waals surface area contributed by atoms with Crippen molar-refractivity contribution in [2.24, 2.45) is 5.41 Å². The van der Waals surface area contributed by atoms with Gasteiger partial charge in [0.15, 0.2) is 5.82 Å². The first-order valence-corrected chi connectivity index (χ1v) is 9.16. The number of rotatable bonds is 4. The van der Waals surface area contributed by atoms with Crippen molar-refractivity contribution < 1.29 is 4.52 Å². The normalized spacial score (nSPS) is 23.5. The monoisotopic (exact) mass is 329 g/mol. The molecule has 3 heterocycles. The van der Waals surface area contributed by atoms with Crippen LogP contribution in [0.1, 0.15) is 67.2 Å². The fourth-order valence-electron chi connectivity index (χ4n) is 4.71. The first-order chi connectivity index (χ1) is 11.6. The van der Waals surface area contributed by atoms with Gasteiger partial charge in [0.1, 0.15) is 11.6 Å². The number of likely N-dealkylation sites (tertiary alicyclic amines) is 1. The molecule has 1 saturated heterocycles. The van der Waals surface area contributed by atoms with Crippen LogP contribution in [0.4, 0.5) is 0 Å². The van der Waals surface area contributed by atoms with Crippen molar-refractivity contribution in [3.05, 3.63) is 28.7 Å². The maximum absolute atomic E-state index is 5.35. The zero-order chi connectivity index (χ0) is 16.7. The first kappa shape index (κ1) is 15.8. The Morgan fingerprint density at radius 2 is 2.08 bits per heavy atom. The zero-order valence-electron chi connectivity index (χ0n) is 14.9. The van der Waals surface area contributed by atoms with Crippen LogP contribution in [-0.4, -0.2) is 38.3 Å². The van der Waals surface area contributed by atoms with Gasteiger partial charge in [-0.1, -0.05) is 24.9 Å². The van der Waals surface area contributed by atoms with E-state index in [1.807, 2.05) is 13.8 Å². The lowest BCUT2D eigenvalue weighted by atomic mass is 9.76. The number of aromatic amines is 1. The lowest BCUT2D eigenvalue weighted by Crippen LogP contribution is -2.27. The first-order valence-electron chi connectivity index (χ1n) is 9.16. The van der Waals surface area contributed by atoms with E-state index in [1.54, 1.807) is 0 Å². The summed E-state index contributed by atoms with van der Waals surface area (Å²) in [5, 5.41) is 11.8. The van der Waals surface area contributed by atoms with Crippen LogP contribution in [-0.2, 0) is 13.0 Å². The summed E-state index contributed by atoms with van der Waals surface area (Å²) in [5.41, 5.74) is 2.61. The highest BCUT2D eigenvalue weighted by atomic mass is 16.5. The van der Waals surface area contributed by atoms with Crippen LogP contribution in [0, 0.1) is 19.3 Å². The van der Waals surface area contributed by atoms with Crippen LogP contribution in [0.5, 0.6) is 0 Å². The Labute approximate surface area is 143 Å². The van der Waals surface area contributed by atoms with E-state index in [9.17, 15) is 0 Å². The predicted molar refractivity (Wildman–Crippen MR) is 90.7 cm³/mol. The molecule has 0 bridgehead atoms. The van der Waals surface area contributed by atoms with E-state index < -0.39 is 0 Å². The smallest absolute Gasteiger partial charge is 0.155 e. The number of nitrogens with one attached hydrogen (secondary N) is 1. The fourth-order valence-corrected chi connectivity index (χ4v) is 4.71. The maximum atomic E-state index is 5.35. The van der Waals surface area contributed by atoms with Crippen molar-refractivity contribution in [2.75, 3.05) is 13.1 Å². The molecule has 0 amide bonds. The summed E-state index contributed by atoms with van der Waals surface area (Å²) in [4.78, 5) is 7.33. The molecular weight excluding hydrogens is 302 g/mol. The highest BCUT2D eigenvalue weighted by molar-refractivity contribution is 5.22. The molecular formula is C18H27N5O. The molecule has 4 rings (SSSR count). The lowest BCUT2D eigenvalue weighted by molar-refractivity contribution is 0.244. The van der Waals surface area contributed by atoms with E-state index in [4.69, 9.17) is 9.51 Å². The molecule has 1 aliphatic carbocycles. The Kier molecular flexibility index (Phi) is 3.95. The van der Waals surface area contributed by atoms with Gasteiger partial charge in [0.25, 0.3) is 0 Å². The number of aryl methyl sites for hydroxylation is 3. The van der Waals surface area contributed by atoms with Gasteiger partial charge in [-0.25, -0.2) is 4.98 Å². The molecule has 1 aliphatic heterocycles. The Morgan fingerprint density at radius 1 is 1.29 bits per heavy atom. The molecule has 130 valence electrons. The Morgan fingerprint density at radius 3 is 2.71 bits per heavy atom. The van der Waals surface area contributed by atoms with E-state index in [0.29, 0.717) is 11.3 Å². The molecule has 1 N–H and O–H groups in total. The molecule has 24 heavy (non-hydrogen) atoms. The number of hydrogen-bond donors (Lipinski definition) is 1. The zero-order valence-corrected chi connectivity index (χ0v) is 14.9. The molecule has 2 aromatic rings. The van der Waals surface area contributed by atoms with Crippen molar-refractivity contribution >= 4 is 0 Å². The van der Waals surface area contributed by atoms with E-state index in [2.05, 4.69) is 27.2 Å². The summed E-state index contributed by atoms with van der Waals surface area (Å²) in [6.45, 7) is 9.26. The summed E-state index contributed by atoms with van der Waals surface area (Å²) in [7, 11) is 0. The third-order valence-electron chi connectivity index (χ3n) is 6.08. The Balaban J connectivity index is 1.59. The summed E-state index contributed by atoms with van der Waals surface area (Å²) < 4.78 is 5.35. The average molecular weight is 329 g/mol. The molecule has 6 nitrogen and oxygen atoms in total. The minimum atomic E-state index is 0.353. The second-order valence-electron chi connectivity index (χ2n) is 7.59. The van der Waals surface area contributed by atoms with Gasteiger partial charge in [0.2, 0.25) is 0 Å². The highest BCUT2D eigenvalue weighted by Gasteiger charge is 2.50. The Bertz CT molecular complexity index is 693. The van der Waals surface area contributed by atoms with Crippen molar-refractivity contribution in [3.8, 4) is 0 Å². The number of hydrogen-bond acceptors (Lipinski definition) is 5. The van der Waals surface area contributed by atoms with Crippen molar-refractivity contribution in [3.63, 3.8) is 0 Å². The summed E-state index contributed by atoms with van der Waals surface area (Å²) in [5.74, 6) is 3.41. The molecule has 1 unspecified atom stereocenters. The Hall–Kier alpha value is -1.69. The third-order valence-corrected chi connectivity index (χ3v) is 6.08. The predicted octanol–water partition coefficient (Wildman–Crippen LogP) is 3.13. The number of nitrogens with zero attached hydrogens (tertiary/aromatic N) is 4. The van der Waals surface area contributed by atoms with Gasteiger partial charge in [-0.3, -0.25) is 10.00 Å². The quantitative estimate of drug-likeness (QED) is 0.933. The van der Waals surface area contributed by atoms with Gasteiger partial charge < -0.3 is 4.52 Å². The second kappa shape index (κ2) is 5.99. The van der Waals surface area contributed by atoms with Gasteiger partial charge in [0, 0.05) is 37.5 Å². The lowest BCUT2D eigenvalue weighted by Gasteiger charge is -2.28. The van der Waals surface area contributed by atoms with Crippen LogP contribution < -0.4 is 0 Å². The van der Waals surface area contributed by atoms with Crippen LogP contribution >= 0.6 is 0 Å². The van der Waals surface area contributed by atoms with Crippen molar-refractivity contribution in [2.45, 2.75) is 65.3 Å². The maximum Gasteiger partial charge on any atom is 0.155 e. The van der Waals surface area contributed by atoms with Crippen LogP contribution in [0.3, 0.4) is 0 Å². The van der Waals surface area contributed by atoms with Gasteiger partial charge in [-0.05, 0) is 32.1 Å². The SMILES string of the molecule is CCc1nc(C2CN(Cc3c(C)noc3C)CC23CCCC3)n[nH]1. The van der Waals surface area contributed by atoms with E-state index in [1.165, 1.54) is 31.2 Å². The van der Waals surface area contributed by atoms with E-state index >= 15 is 0 Å². The van der Waals surface area contributed by atoms with Gasteiger partial charge in [-0.15, -0.1) is 0 Å². The fraction of sp³-hybridized carbons (Fsp3) is 0.722. The van der Waals surface area contributed by atoms with Crippen LogP contribution in [0.2, 0.25) is 0 Å². The van der Waals surface area contributed by atoms with E-state index in [0.717, 1.165) is 49.2 Å². The standard InChI is InChI=1S/C18H27N5O/c1-4-16-19-17(21-20-16)15-10-23(11-18(15)7-5-6-8-18)9-14-12(2)22-24-13(14)3/h15H,4-11H2,1-3H3,(H,19,20,21). The largest absolute Gasteiger partial charge is 0.361 e. The van der Waals surface area contributed by atoms with Gasteiger partial charge in [0.05, 0.1) is 5.69 Å². The highest BCUT2D eigenvalue weighted by Crippen LogP contribution is 2.53. The molecule has 1 saturated carbocycles. The molecule has 2 aliphatic rings.